The van der Waals surface area contributed by atoms with Gasteiger partial charge in [0.2, 0.25) is 5.91 Å². The quantitative estimate of drug-likeness (QED) is 0.883. The zero-order chi connectivity index (χ0) is 13.8. The molecule has 96 valence electrons. The zero-order valence-corrected chi connectivity index (χ0v) is 10.3. The van der Waals surface area contributed by atoms with Crippen LogP contribution in [0.5, 0.6) is 0 Å². The maximum atomic E-state index is 11.0. The number of aromatic carboxylic acids is 1. The molecule has 1 heterocycles. The van der Waals surface area contributed by atoms with Crippen molar-refractivity contribution < 1.29 is 14.7 Å². The molecule has 19 heavy (non-hydrogen) atoms. The fraction of sp³-hybridized carbons (Fsp3) is 0.0714. The summed E-state index contributed by atoms with van der Waals surface area (Å²) in [6.45, 7) is 1.41. The lowest BCUT2D eigenvalue weighted by Crippen LogP contribution is -2.07. The number of rotatable bonds is 3. The SMILES string of the molecule is CC(=O)Nc1cccc(-c2ccc(C(=O)O)cc2)n1. The highest BCUT2D eigenvalue weighted by Gasteiger charge is 2.05. The lowest BCUT2D eigenvalue weighted by atomic mass is 10.1. The van der Waals surface area contributed by atoms with Crippen LogP contribution in [0.4, 0.5) is 5.82 Å². The van der Waals surface area contributed by atoms with Gasteiger partial charge in [-0.05, 0) is 24.3 Å². The van der Waals surface area contributed by atoms with Crippen LogP contribution in [0, 0.1) is 0 Å². The summed E-state index contributed by atoms with van der Waals surface area (Å²) >= 11 is 0. The molecule has 2 N–H and O–H groups in total. The van der Waals surface area contributed by atoms with E-state index in [1.807, 2.05) is 0 Å². The van der Waals surface area contributed by atoms with Crippen LogP contribution in [0.15, 0.2) is 42.5 Å². The topological polar surface area (TPSA) is 79.3 Å². The highest BCUT2D eigenvalue weighted by atomic mass is 16.4. The minimum absolute atomic E-state index is 0.189. The van der Waals surface area contributed by atoms with E-state index in [1.165, 1.54) is 19.1 Å². The van der Waals surface area contributed by atoms with Crippen molar-refractivity contribution in [3.8, 4) is 11.3 Å². The number of carboxylic acids is 1. The summed E-state index contributed by atoms with van der Waals surface area (Å²) in [5, 5.41) is 11.4. The fourth-order valence-corrected chi connectivity index (χ4v) is 1.63. The molecule has 1 amide bonds. The van der Waals surface area contributed by atoms with Gasteiger partial charge in [-0.25, -0.2) is 9.78 Å². The number of hydrogen-bond acceptors (Lipinski definition) is 3. The van der Waals surface area contributed by atoms with E-state index in [1.54, 1.807) is 30.3 Å². The van der Waals surface area contributed by atoms with Crippen LogP contribution >= 0.6 is 0 Å². The molecule has 1 aromatic carbocycles. The predicted molar refractivity (Wildman–Crippen MR) is 70.9 cm³/mol. The third-order valence-corrected chi connectivity index (χ3v) is 2.48. The second-order valence-electron chi connectivity index (χ2n) is 3.97. The summed E-state index contributed by atoms with van der Waals surface area (Å²) < 4.78 is 0. The molecule has 0 fully saturated rings. The largest absolute Gasteiger partial charge is 0.478 e. The number of hydrogen-bond donors (Lipinski definition) is 2. The molecule has 2 aromatic rings. The van der Waals surface area contributed by atoms with Crippen LogP contribution in [0.1, 0.15) is 17.3 Å². The van der Waals surface area contributed by atoms with Gasteiger partial charge < -0.3 is 10.4 Å². The van der Waals surface area contributed by atoms with Crippen molar-refractivity contribution in [2.75, 3.05) is 5.32 Å². The van der Waals surface area contributed by atoms with Crippen LogP contribution < -0.4 is 5.32 Å². The standard InChI is InChI=1S/C14H12N2O3/c1-9(17)15-13-4-2-3-12(16-13)10-5-7-11(8-6-10)14(18)19/h2-8H,1H3,(H,18,19)(H,15,16,17). The van der Waals surface area contributed by atoms with Crippen molar-refractivity contribution in [2.45, 2.75) is 6.92 Å². The maximum Gasteiger partial charge on any atom is 0.335 e. The van der Waals surface area contributed by atoms with E-state index in [4.69, 9.17) is 5.11 Å². The molecule has 2 rings (SSSR count). The van der Waals surface area contributed by atoms with Crippen LogP contribution in [0.3, 0.4) is 0 Å². The number of amides is 1. The molecule has 0 spiro atoms. The number of carbonyl (C=O) groups is 2. The Labute approximate surface area is 109 Å². The maximum absolute atomic E-state index is 11.0. The van der Waals surface area contributed by atoms with Gasteiger partial charge in [-0.2, -0.15) is 0 Å². The van der Waals surface area contributed by atoms with Crippen LogP contribution in [-0.4, -0.2) is 22.0 Å². The summed E-state index contributed by atoms with van der Waals surface area (Å²) in [4.78, 5) is 26.0. The highest BCUT2D eigenvalue weighted by molar-refractivity contribution is 5.89. The minimum Gasteiger partial charge on any atom is -0.478 e. The number of carbonyl (C=O) groups excluding carboxylic acids is 1. The number of anilines is 1. The first-order chi connectivity index (χ1) is 9.06. The third-order valence-electron chi connectivity index (χ3n) is 2.48. The van der Waals surface area contributed by atoms with Crippen LogP contribution in [0.25, 0.3) is 11.3 Å². The van der Waals surface area contributed by atoms with Crippen molar-refractivity contribution >= 4 is 17.7 Å². The molecular weight excluding hydrogens is 244 g/mol. The number of aromatic nitrogens is 1. The molecule has 5 heteroatoms. The molecule has 1 aromatic heterocycles. The normalized spacial score (nSPS) is 9.95. The second kappa shape index (κ2) is 5.30. The van der Waals surface area contributed by atoms with E-state index in [9.17, 15) is 9.59 Å². The van der Waals surface area contributed by atoms with Gasteiger partial charge in [0.05, 0.1) is 11.3 Å². The molecule has 0 aliphatic carbocycles. The zero-order valence-electron chi connectivity index (χ0n) is 10.3. The molecule has 0 saturated heterocycles. The average molecular weight is 256 g/mol. The van der Waals surface area contributed by atoms with E-state index in [0.29, 0.717) is 11.5 Å². The number of nitrogens with one attached hydrogen (secondary N) is 1. The molecule has 0 atom stereocenters. The Balaban J connectivity index is 2.30. The van der Waals surface area contributed by atoms with Gasteiger partial charge in [0.25, 0.3) is 0 Å². The Bertz CT molecular complexity index is 621. The molecule has 0 bridgehead atoms. The highest BCUT2D eigenvalue weighted by Crippen LogP contribution is 2.19. The molecule has 0 saturated carbocycles. The van der Waals surface area contributed by atoms with Crippen molar-refractivity contribution in [3.05, 3.63) is 48.0 Å². The van der Waals surface area contributed by atoms with Gasteiger partial charge in [0.1, 0.15) is 5.82 Å². The lowest BCUT2D eigenvalue weighted by Gasteiger charge is -2.05. The Morgan fingerprint density at radius 1 is 1.11 bits per heavy atom. The van der Waals surface area contributed by atoms with Gasteiger partial charge >= 0.3 is 5.97 Å². The van der Waals surface area contributed by atoms with Crippen molar-refractivity contribution in [3.63, 3.8) is 0 Å². The monoisotopic (exact) mass is 256 g/mol. The Hall–Kier alpha value is -2.69. The Morgan fingerprint density at radius 2 is 1.79 bits per heavy atom. The van der Waals surface area contributed by atoms with Gasteiger partial charge in [0, 0.05) is 12.5 Å². The predicted octanol–water partition coefficient (Wildman–Crippen LogP) is 2.41. The summed E-state index contributed by atoms with van der Waals surface area (Å²) in [6.07, 6.45) is 0. The minimum atomic E-state index is -0.966. The fourth-order valence-electron chi connectivity index (χ4n) is 1.63. The van der Waals surface area contributed by atoms with Gasteiger partial charge in [-0.3, -0.25) is 4.79 Å². The molecule has 0 aliphatic heterocycles. The number of carboxylic acid groups (broad SMARTS) is 1. The van der Waals surface area contributed by atoms with Gasteiger partial charge in [-0.15, -0.1) is 0 Å². The van der Waals surface area contributed by atoms with Crippen molar-refractivity contribution in [2.24, 2.45) is 0 Å². The molecule has 0 unspecified atom stereocenters. The summed E-state index contributed by atoms with van der Waals surface area (Å²) in [6, 6.07) is 11.7. The molecule has 0 radical (unpaired) electrons. The number of benzene rings is 1. The third kappa shape index (κ3) is 3.16. The number of nitrogens with zero attached hydrogens (tertiary/aromatic N) is 1. The van der Waals surface area contributed by atoms with E-state index >= 15 is 0 Å². The van der Waals surface area contributed by atoms with Crippen LogP contribution in [-0.2, 0) is 4.79 Å². The van der Waals surface area contributed by atoms with Gasteiger partial charge in [-0.1, -0.05) is 18.2 Å². The Kier molecular flexibility index (Phi) is 3.56. The first kappa shape index (κ1) is 12.8. The summed E-state index contributed by atoms with van der Waals surface area (Å²) in [7, 11) is 0. The van der Waals surface area contributed by atoms with E-state index < -0.39 is 5.97 Å². The molecule has 5 nitrogen and oxygen atoms in total. The first-order valence-electron chi connectivity index (χ1n) is 5.64. The molecular formula is C14H12N2O3. The first-order valence-corrected chi connectivity index (χ1v) is 5.64. The lowest BCUT2D eigenvalue weighted by molar-refractivity contribution is -0.114. The summed E-state index contributed by atoms with van der Waals surface area (Å²) in [5.74, 6) is -0.690. The van der Waals surface area contributed by atoms with Gasteiger partial charge in [0.15, 0.2) is 0 Å². The molecule has 0 aliphatic rings. The Morgan fingerprint density at radius 3 is 2.37 bits per heavy atom. The second-order valence-corrected chi connectivity index (χ2v) is 3.97. The van der Waals surface area contributed by atoms with Crippen molar-refractivity contribution in [1.82, 2.24) is 4.98 Å². The smallest absolute Gasteiger partial charge is 0.335 e. The van der Waals surface area contributed by atoms with Crippen molar-refractivity contribution in [1.29, 1.82) is 0 Å². The number of pyridine rings is 1. The summed E-state index contributed by atoms with van der Waals surface area (Å²) in [5.41, 5.74) is 1.68. The van der Waals surface area contributed by atoms with E-state index in [-0.39, 0.29) is 11.5 Å². The van der Waals surface area contributed by atoms with E-state index in [0.717, 1.165) is 5.56 Å². The van der Waals surface area contributed by atoms with E-state index in [2.05, 4.69) is 10.3 Å². The average Bonchev–Trinajstić information content (AvgIpc) is 2.38. The van der Waals surface area contributed by atoms with Crippen LogP contribution in [0.2, 0.25) is 0 Å².